The maximum Gasteiger partial charge on any atom is 0.356 e. The molecule has 1 heterocycles. The van der Waals surface area contributed by atoms with Crippen LogP contribution >= 0.6 is 11.6 Å². The Labute approximate surface area is 122 Å². The highest BCUT2D eigenvalue weighted by Crippen LogP contribution is 2.30. The third-order valence-electron chi connectivity index (χ3n) is 3.71. The highest BCUT2D eigenvalue weighted by Gasteiger charge is 2.25. The first-order chi connectivity index (χ1) is 9.58. The zero-order chi connectivity index (χ0) is 14.3. The van der Waals surface area contributed by atoms with Gasteiger partial charge in [0.25, 0.3) is 0 Å². The van der Waals surface area contributed by atoms with Gasteiger partial charge in [0.15, 0.2) is 5.69 Å². The van der Waals surface area contributed by atoms with E-state index in [0.29, 0.717) is 5.02 Å². The molecule has 2 aromatic rings. The molecule has 0 atom stereocenters. The van der Waals surface area contributed by atoms with Gasteiger partial charge in [-0.25, -0.2) is 9.48 Å². The minimum absolute atomic E-state index is 0.164. The smallest absolute Gasteiger partial charge is 0.356 e. The maximum absolute atomic E-state index is 11.4. The first-order valence-corrected chi connectivity index (χ1v) is 7.06. The Hall–Kier alpha value is -1.81. The molecule has 0 aliphatic heterocycles. The third kappa shape index (κ3) is 2.10. The lowest BCUT2D eigenvalue weighted by Crippen LogP contribution is -2.08. The van der Waals surface area contributed by atoms with Crippen molar-refractivity contribution in [2.45, 2.75) is 32.6 Å². The number of aromatic nitrogens is 2. The Morgan fingerprint density at radius 1 is 1.35 bits per heavy atom. The van der Waals surface area contributed by atoms with Crippen LogP contribution in [0.25, 0.3) is 5.69 Å². The summed E-state index contributed by atoms with van der Waals surface area (Å²) in [6.07, 6.45) is 3.70. The second-order valence-corrected chi connectivity index (χ2v) is 5.56. The second kappa shape index (κ2) is 4.94. The van der Waals surface area contributed by atoms with Gasteiger partial charge in [0, 0.05) is 11.3 Å². The molecule has 3 rings (SSSR count). The van der Waals surface area contributed by atoms with Gasteiger partial charge in [-0.15, -0.1) is 0 Å². The monoisotopic (exact) mass is 290 g/mol. The Kier molecular flexibility index (Phi) is 3.26. The molecule has 0 saturated heterocycles. The number of aromatic carboxylic acids is 1. The second-order valence-electron chi connectivity index (χ2n) is 5.15. The van der Waals surface area contributed by atoms with E-state index in [1.54, 1.807) is 4.68 Å². The predicted octanol–water partition coefficient (Wildman–Crippen LogP) is 3.41. The molecule has 0 unspecified atom stereocenters. The number of aryl methyl sites for hydroxylation is 1. The maximum atomic E-state index is 11.4. The number of hydrogen-bond donors (Lipinski definition) is 1. The number of benzene rings is 1. The largest absolute Gasteiger partial charge is 0.476 e. The van der Waals surface area contributed by atoms with Crippen LogP contribution in [0.5, 0.6) is 0 Å². The number of hydrogen-bond acceptors (Lipinski definition) is 2. The van der Waals surface area contributed by atoms with Crippen molar-refractivity contribution >= 4 is 17.6 Å². The standard InChI is InChI=1S/C15H15ClN2O2/c1-9-6-7-11(16)13(8-9)18-12-5-3-2-4-10(12)14(17-18)15(19)20/h6-8H,2-5H2,1H3,(H,19,20). The van der Waals surface area contributed by atoms with Crippen molar-refractivity contribution in [3.05, 3.63) is 45.7 Å². The Balaban J connectivity index is 2.23. The quantitative estimate of drug-likeness (QED) is 0.922. The summed E-state index contributed by atoms with van der Waals surface area (Å²) >= 11 is 6.25. The van der Waals surface area contributed by atoms with E-state index < -0.39 is 5.97 Å². The van der Waals surface area contributed by atoms with Crippen LogP contribution in [0.15, 0.2) is 18.2 Å². The van der Waals surface area contributed by atoms with Crippen LogP contribution in [0, 0.1) is 6.92 Å². The summed E-state index contributed by atoms with van der Waals surface area (Å²) in [6.45, 7) is 1.98. The molecule has 1 aliphatic carbocycles. The lowest BCUT2D eigenvalue weighted by molar-refractivity contribution is 0.0688. The van der Waals surface area contributed by atoms with Gasteiger partial charge in [0.2, 0.25) is 0 Å². The van der Waals surface area contributed by atoms with Gasteiger partial charge in [0.05, 0.1) is 10.7 Å². The molecule has 1 aromatic carbocycles. The van der Waals surface area contributed by atoms with Crippen molar-refractivity contribution in [3.8, 4) is 5.69 Å². The van der Waals surface area contributed by atoms with Crippen LogP contribution in [-0.4, -0.2) is 20.9 Å². The molecular formula is C15H15ClN2O2. The number of carbonyl (C=O) groups is 1. The van der Waals surface area contributed by atoms with Gasteiger partial charge in [-0.1, -0.05) is 17.7 Å². The molecule has 0 bridgehead atoms. The van der Waals surface area contributed by atoms with Crippen LogP contribution in [0.2, 0.25) is 5.02 Å². The van der Waals surface area contributed by atoms with Gasteiger partial charge >= 0.3 is 5.97 Å². The fourth-order valence-electron chi connectivity index (χ4n) is 2.76. The highest BCUT2D eigenvalue weighted by molar-refractivity contribution is 6.32. The fraction of sp³-hybridized carbons (Fsp3) is 0.333. The minimum atomic E-state index is -0.967. The molecule has 0 fully saturated rings. The predicted molar refractivity (Wildman–Crippen MR) is 76.9 cm³/mol. The summed E-state index contributed by atoms with van der Waals surface area (Å²) in [5.74, 6) is -0.967. The van der Waals surface area contributed by atoms with E-state index in [2.05, 4.69) is 5.10 Å². The molecule has 20 heavy (non-hydrogen) atoms. The minimum Gasteiger partial charge on any atom is -0.476 e. The van der Waals surface area contributed by atoms with Crippen LogP contribution in [-0.2, 0) is 12.8 Å². The van der Waals surface area contributed by atoms with Gasteiger partial charge in [-0.2, -0.15) is 5.10 Å². The third-order valence-corrected chi connectivity index (χ3v) is 4.03. The average molecular weight is 291 g/mol. The van der Waals surface area contributed by atoms with Crippen molar-refractivity contribution in [3.63, 3.8) is 0 Å². The van der Waals surface area contributed by atoms with Crippen molar-refractivity contribution in [1.29, 1.82) is 0 Å². The molecule has 5 heteroatoms. The lowest BCUT2D eigenvalue weighted by atomic mass is 9.95. The van der Waals surface area contributed by atoms with E-state index in [9.17, 15) is 9.90 Å². The first kappa shape index (κ1) is 13.2. The Bertz CT molecular complexity index is 691. The molecule has 0 spiro atoms. The van der Waals surface area contributed by atoms with Gasteiger partial charge in [-0.05, 0) is 50.3 Å². The number of carboxylic acids is 1. The van der Waals surface area contributed by atoms with Gasteiger partial charge in [0.1, 0.15) is 0 Å². The number of fused-ring (bicyclic) bond motifs is 1. The van der Waals surface area contributed by atoms with E-state index in [0.717, 1.165) is 48.2 Å². The number of nitrogens with zero attached hydrogens (tertiary/aromatic N) is 2. The summed E-state index contributed by atoms with van der Waals surface area (Å²) < 4.78 is 1.72. The molecule has 1 aliphatic rings. The summed E-state index contributed by atoms with van der Waals surface area (Å²) in [5.41, 5.74) is 3.85. The van der Waals surface area contributed by atoms with Gasteiger partial charge in [-0.3, -0.25) is 0 Å². The summed E-state index contributed by atoms with van der Waals surface area (Å²) in [7, 11) is 0. The summed E-state index contributed by atoms with van der Waals surface area (Å²) in [4.78, 5) is 11.4. The van der Waals surface area contributed by atoms with E-state index >= 15 is 0 Å². The normalized spacial score (nSPS) is 14.1. The van der Waals surface area contributed by atoms with Crippen molar-refractivity contribution in [2.75, 3.05) is 0 Å². The zero-order valence-electron chi connectivity index (χ0n) is 11.2. The van der Waals surface area contributed by atoms with Crippen LogP contribution < -0.4 is 0 Å². The Morgan fingerprint density at radius 3 is 2.85 bits per heavy atom. The highest BCUT2D eigenvalue weighted by atomic mass is 35.5. The number of rotatable bonds is 2. The molecule has 0 amide bonds. The van der Waals surface area contributed by atoms with E-state index in [1.165, 1.54) is 0 Å². The molecule has 4 nitrogen and oxygen atoms in total. The molecule has 0 saturated carbocycles. The SMILES string of the molecule is Cc1ccc(Cl)c(-n2nc(C(=O)O)c3c2CCCC3)c1. The van der Waals surface area contributed by atoms with Crippen LogP contribution in [0.1, 0.15) is 40.2 Å². The Morgan fingerprint density at radius 2 is 2.10 bits per heavy atom. The molecule has 104 valence electrons. The fourth-order valence-corrected chi connectivity index (χ4v) is 2.95. The van der Waals surface area contributed by atoms with E-state index in [1.807, 2.05) is 25.1 Å². The van der Waals surface area contributed by atoms with E-state index in [-0.39, 0.29) is 5.69 Å². The molecular weight excluding hydrogens is 276 g/mol. The molecule has 1 N–H and O–H groups in total. The van der Waals surface area contributed by atoms with Crippen molar-refractivity contribution in [1.82, 2.24) is 9.78 Å². The number of carboxylic acid groups (broad SMARTS) is 1. The summed E-state index contributed by atoms with van der Waals surface area (Å²) in [6, 6.07) is 5.69. The van der Waals surface area contributed by atoms with Gasteiger partial charge < -0.3 is 5.11 Å². The van der Waals surface area contributed by atoms with E-state index in [4.69, 9.17) is 11.6 Å². The zero-order valence-corrected chi connectivity index (χ0v) is 11.9. The topological polar surface area (TPSA) is 55.1 Å². The lowest BCUT2D eigenvalue weighted by Gasteiger charge is -2.15. The average Bonchev–Trinajstić information content (AvgIpc) is 2.81. The van der Waals surface area contributed by atoms with Crippen molar-refractivity contribution in [2.24, 2.45) is 0 Å². The van der Waals surface area contributed by atoms with Crippen LogP contribution in [0.4, 0.5) is 0 Å². The molecule has 0 radical (unpaired) electrons. The number of halogens is 1. The first-order valence-electron chi connectivity index (χ1n) is 6.68. The summed E-state index contributed by atoms with van der Waals surface area (Å²) in [5, 5.41) is 14.2. The van der Waals surface area contributed by atoms with Crippen LogP contribution in [0.3, 0.4) is 0 Å². The molecule has 1 aromatic heterocycles. The van der Waals surface area contributed by atoms with Crippen molar-refractivity contribution < 1.29 is 9.90 Å².